The van der Waals surface area contributed by atoms with Crippen LogP contribution in [0.5, 0.6) is 5.75 Å². The lowest BCUT2D eigenvalue weighted by atomic mass is 9.75. The maximum atomic E-state index is 12.6. The van der Waals surface area contributed by atoms with Gasteiger partial charge in [-0.05, 0) is 63.9 Å². The van der Waals surface area contributed by atoms with Gasteiger partial charge in [-0.3, -0.25) is 9.78 Å². The van der Waals surface area contributed by atoms with E-state index in [0.29, 0.717) is 18.8 Å². The number of piperidine rings is 1. The van der Waals surface area contributed by atoms with Gasteiger partial charge in [-0.15, -0.1) is 0 Å². The first-order chi connectivity index (χ1) is 13.7. The van der Waals surface area contributed by atoms with E-state index >= 15 is 0 Å². The summed E-state index contributed by atoms with van der Waals surface area (Å²) in [6, 6.07) is 12.3. The molecule has 0 radical (unpaired) electrons. The van der Waals surface area contributed by atoms with Crippen molar-refractivity contribution in [2.24, 2.45) is 0 Å². The Morgan fingerprint density at radius 1 is 1.18 bits per heavy atom. The minimum atomic E-state index is -0.111. The van der Waals surface area contributed by atoms with Crippen LogP contribution in [0.3, 0.4) is 0 Å². The SMILES string of the molecule is CCN(CC)C(=O)c1ccc(C2CC3(CCNCC3)Oc3ccccc32)cn1. The molecule has 0 bridgehead atoms. The van der Waals surface area contributed by atoms with Crippen molar-refractivity contribution < 1.29 is 9.53 Å². The summed E-state index contributed by atoms with van der Waals surface area (Å²) in [4.78, 5) is 18.9. The Hall–Kier alpha value is -2.40. The molecule has 5 nitrogen and oxygen atoms in total. The van der Waals surface area contributed by atoms with Crippen LogP contribution < -0.4 is 10.1 Å². The van der Waals surface area contributed by atoms with E-state index < -0.39 is 0 Å². The van der Waals surface area contributed by atoms with Crippen molar-refractivity contribution in [3.8, 4) is 5.75 Å². The summed E-state index contributed by atoms with van der Waals surface area (Å²) < 4.78 is 6.51. The van der Waals surface area contributed by atoms with Crippen molar-refractivity contribution in [3.63, 3.8) is 0 Å². The summed E-state index contributed by atoms with van der Waals surface area (Å²) in [6.07, 6.45) is 4.88. The Morgan fingerprint density at radius 2 is 1.93 bits per heavy atom. The zero-order chi connectivity index (χ0) is 19.6. The number of nitrogens with zero attached hydrogens (tertiary/aromatic N) is 2. The van der Waals surface area contributed by atoms with E-state index in [0.717, 1.165) is 43.7 Å². The summed E-state index contributed by atoms with van der Waals surface area (Å²) in [7, 11) is 0. The molecule has 1 atom stereocenters. The molecule has 0 aliphatic carbocycles. The second-order valence-corrected chi connectivity index (χ2v) is 7.78. The van der Waals surface area contributed by atoms with Crippen molar-refractivity contribution in [1.82, 2.24) is 15.2 Å². The number of carbonyl (C=O) groups is 1. The standard InChI is InChI=1S/C23H29N3O2/c1-3-26(4-2)22(27)20-10-9-17(16-25-20)19-15-23(11-13-24-14-12-23)28-21-8-6-5-7-18(19)21/h5-10,16,19,24H,3-4,11-15H2,1-2H3. The Balaban J connectivity index is 1.64. The van der Waals surface area contributed by atoms with Crippen LogP contribution in [0.15, 0.2) is 42.6 Å². The molecule has 4 rings (SSSR count). The Bertz CT molecular complexity index is 824. The van der Waals surface area contributed by atoms with Gasteiger partial charge in [0, 0.05) is 30.8 Å². The fourth-order valence-electron chi connectivity index (χ4n) is 4.51. The minimum absolute atomic E-state index is 0.00115. The smallest absolute Gasteiger partial charge is 0.272 e. The number of carbonyl (C=O) groups excluding carboxylic acids is 1. The monoisotopic (exact) mass is 379 g/mol. The van der Waals surface area contributed by atoms with Gasteiger partial charge in [0.05, 0.1) is 0 Å². The van der Waals surface area contributed by atoms with Gasteiger partial charge >= 0.3 is 0 Å². The number of ether oxygens (including phenoxy) is 1. The number of aromatic nitrogens is 1. The van der Waals surface area contributed by atoms with Gasteiger partial charge in [0.15, 0.2) is 0 Å². The summed E-state index contributed by atoms with van der Waals surface area (Å²) in [6.45, 7) is 7.36. The first-order valence-electron chi connectivity index (χ1n) is 10.4. The van der Waals surface area contributed by atoms with E-state index in [-0.39, 0.29) is 17.4 Å². The molecule has 2 aliphatic rings. The third-order valence-corrected chi connectivity index (χ3v) is 6.17. The third kappa shape index (κ3) is 3.51. The second-order valence-electron chi connectivity index (χ2n) is 7.78. The maximum absolute atomic E-state index is 12.6. The minimum Gasteiger partial charge on any atom is -0.487 e. The molecule has 28 heavy (non-hydrogen) atoms. The van der Waals surface area contributed by atoms with Gasteiger partial charge in [0.2, 0.25) is 0 Å². The molecule has 148 valence electrons. The molecule has 3 heterocycles. The Labute approximate surface area is 167 Å². The van der Waals surface area contributed by atoms with E-state index in [1.807, 2.05) is 32.2 Å². The summed E-state index contributed by atoms with van der Waals surface area (Å²) in [5.74, 6) is 1.23. The molecule has 1 fully saturated rings. The molecule has 5 heteroatoms. The number of hydrogen-bond acceptors (Lipinski definition) is 4. The molecule has 1 aromatic carbocycles. The van der Waals surface area contributed by atoms with Crippen LogP contribution in [-0.2, 0) is 0 Å². The van der Waals surface area contributed by atoms with E-state index in [1.54, 1.807) is 4.90 Å². The Morgan fingerprint density at radius 3 is 2.61 bits per heavy atom. The highest BCUT2D eigenvalue weighted by molar-refractivity contribution is 5.92. The van der Waals surface area contributed by atoms with Crippen molar-refractivity contribution in [2.75, 3.05) is 26.2 Å². The van der Waals surface area contributed by atoms with Gasteiger partial charge in [0.1, 0.15) is 17.0 Å². The number of para-hydroxylation sites is 1. The van der Waals surface area contributed by atoms with Gasteiger partial charge < -0.3 is 15.0 Å². The molecule has 1 unspecified atom stereocenters. The molecule has 1 N–H and O–H groups in total. The zero-order valence-corrected chi connectivity index (χ0v) is 16.8. The number of amides is 1. The first-order valence-corrected chi connectivity index (χ1v) is 10.4. The number of hydrogen-bond donors (Lipinski definition) is 1. The van der Waals surface area contributed by atoms with Gasteiger partial charge in [-0.25, -0.2) is 0 Å². The Kier molecular flexibility index (Phi) is 5.36. The molecule has 2 aliphatic heterocycles. The van der Waals surface area contributed by atoms with Crippen molar-refractivity contribution in [1.29, 1.82) is 0 Å². The summed E-state index contributed by atoms with van der Waals surface area (Å²) >= 11 is 0. The lowest BCUT2D eigenvalue weighted by Crippen LogP contribution is -2.49. The molecule has 0 saturated carbocycles. The first kappa shape index (κ1) is 18.9. The van der Waals surface area contributed by atoms with Gasteiger partial charge in [0.25, 0.3) is 5.91 Å². The van der Waals surface area contributed by atoms with E-state index in [9.17, 15) is 4.79 Å². The highest BCUT2D eigenvalue weighted by Crippen LogP contribution is 2.47. The average molecular weight is 380 g/mol. The van der Waals surface area contributed by atoms with E-state index in [2.05, 4.69) is 34.6 Å². The average Bonchev–Trinajstić information content (AvgIpc) is 2.74. The third-order valence-electron chi connectivity index (χ3n) is 6.17. The van der Waals surface area contributed by atoms with Crippen LogP contribution in [0, 0.1) is 0 Å². The normalized spacial score (nSPS) is 20.3. The van der Waals surface area contributed by atoms with E-state index in [4.69, 9.17) is 4.74 Å². The predicted octanol–water partition coefficient (Wildman–Crippen LogP) is 3.60. The fourth-order valence-corrected chi connectivity index (χ4v) is 4.51. The summed E-state index contributed by atoms with van der Waals surface area (Å²) in [5.41, 5.74) is 2.78. The molecule has 1 saturated heterocycles. The number of benzene rings is 1. The van der Waals surface area contributed by atoms with Gasteiger partial charge in [-0.2, -0.15) is 0 Å². The number of nitrogens with one attached hydrogen (secondary N) is 1. The van der Waals surface area contributed by atoms with Crippen LogP contribution in [0.2, 0.25) is 0 Å². The molecule has 1 aromatic heterocycles. The second kappa shape index (κ2) is 7.92. The largest absolute Gasteiger partial charge is 0.487 e. The fraction of sp³-hybridized carbons (Fsp3) is 0.478. The highest BCUT2D eigenvalue weighted by atomic mass is 16.5. The maximum Gasteiger partial charge on any atom is 0.272 e. The number of pyridine rings is 1. The molecule has 1 spiro atoms. The van der Waals surface area contributed by atoms with Crippen LogP contribution in [-0.4, -0.2) is 47.6 Å². The quantitative estimate of drug-likeness (QED) is 0.882. The van der Waals surface area contributed by atoms with Gasteiger partial charge in [-0.1, -0.05) is 24.3 Å². The van der Waals surface area contributed by atoms with Crippen molar-refractivity contribution in [3.05, 3.63) is 59.4 Å². The lowest BCUT2D eigenvalue weighted by molar-refractivity contribution is 0.0114. The van der Waals surface area contributed by atoms with E-state index in [1.165, 1.54) is 5.56 Å². The lowest BCUT2D eigenvalue weighted by Gasteiger charge is -2.44. The highest BCUT2D eigenvalue weighted by Gasteiger charge is 2.42. The van der Waals surface area contributed by atoms with Crippen molar-refractivity contribution in [2.45, 2.75) is 44.6 Å². The predicted molar refractivity (Wildman–Crippen MR) is 110 cm³/mol. The molecule has 1 amide bonds. The number of fused-ring (bicyclic) bond motifs is 1. The van der Waals surface area contributed by atoms with Crippen LogP contribution in [0.25, 0.3) is 0 Å². The van der Waals surface area contributed by atoms with Crippen LogP contribution in [0.1, 0.15) is 60.6 Å². The molecule has 2 aromatic rings. The topological polar surface area (TPSA) is 54.5 Å². The zero-order valence-electron chi connectivity index (χ0n) is 16.8. The van der Waals surface area contributed by atoms with Crippen molar-refractivity contribution >= 4 is 5.91 Å². The van der Waals surface area contributed by atoms with Crippen LogP contribution in [0.4, 0.5) is 0 Å². The summed E-state index contributed by atoms with van der Waals surface area (Å²) in [5, 5.41) is 3.44. The van der Waals surface area contributed by atoms with Crippen LogP contribution >= 0.6 is 0 Å². The molecular formula is C23H29N3O2. The molecular weight excluding hydrogens is 350 g/mol. The number of rotatable bonds is 4.